The summed E-state index contributed by atoms with van der Waals surface area (Å²) in [5.74, 6) is -6.47. The predicted octanol–water partition coefficient (Wildman–Crippen LogP) is 6.48. The molecule has 1 atom stereocenters. The minimum Gasteiger partial charge on any atom is -0.480 e. The SMILES string of the molecule is N#Cc1ccccc1-c1ccc(C[C@H](NC(=O)c2c(F)cc(NS(=O)(=O)c3ccc(-c4ccnc(F)c4)cc3)cc2F)C(=O)O)c2cccnc12. The van der Waals surface area contributed by atoms with E-state index in [1.54, 1.807) is 54.7 Å². The molecular formula is C37H24F3N5O5S. The number of hydrogen-bond acceptors (Lipinski definition) is 7. The quantitative estimate of drug-likeness (QED) is 0.136. The summed E-state index contributed by atoms with van der Waals surface area (Å²) >= 11 is 0. The van der Waals surface area contributed by atoms with Gasteiger partial charge < -0.3 is 10.4 Å². The number of carbonyl (C=O) groups excluding carboxylic acids is 1. The van der Waals surface area contributed by atoms with Gasteiger partial charge in [0.25, 0.3) is 15.9 Å². The second-order valence-corrected chi connectivity index (χ2v) is 12.9. The first-order valence-corrected chi connectivity index (χ1v) is 16.6. The molecule has 4 aromatic carbocycles. The van der Waals surface area contributed by atoms with E-state index in [4.69, 9.17) is 0 Å². The average Bonchev–Trinajstić information content (AvgIpc) is 3.11. The van der Waals surface area contributed by atoms with Gasteiger partial charge in [0.1, 0.15) is 23.2 Å². The van der Waals surface area contributed by atoms with E-state index in [1.807, 2.05) is 0 Å². The molecule has 14 heteroatoms. The van der Waals surface area contributed by atoms with E-state index in [2.05, 4.69) is 26.1 Å². The summed E-state index contributed by atoms with van der Waals surface area (Å²) in [4.78, 5) is 33.0. The fourth-order valence-electron chi connectivity index (χ4n) is 5.56. The summed E-state index contributed by atoms with van der Waals surface area (Å²) in [6, 6.07) is 23.2. The lowest BCUT2D eigenvalue weighted by atomic mass is 9.93. The first-order chi connectivity index (χ1) is 24.4. The van der Waals surface area contributed by atoms with Crippen molar-refractivity contribution >= 4 is 38.5 Å². The largest absolute Gasteiger partial charge is 0.480 e. The van der Waals surface area contributed by atoms with E-state index in [1.165, 1.54) is 42.6 Å². The molecule has 0 spiro atoms. The number of fused-ring (bicyclic) bond motifs is 1. The van der Waals surface area contributed by atoms with Gasteiger partial charge in [-0.05, 0) is 59.2 Å². The molecule has 6 aromatic rings. The van der Waals surface area contributed by atoms with Gasteiger partial charge in [0, 0.05) is 41.4 Å². The summed E-state index contributed by atoms with van der Waals surface area (Å²) in [5, 5.41) is 22.3. The van der Waals surface area contributed by atoms with Crippen LogP contribution < -0.4 is 10.0 Å². The van der Waals surface area contributed by atoms with Crippen LogP contribution in [0.5, 0.6) is 0 Å². The highest BCUT2D eigenvalue weighted by molar-refractivity contribution is 7.92. The Balaban J connectivity index is 1.21. The fraction of sp³-hybridized carbons (Fsp3) is 0.0541. The van der Waals surface area contributed by atoms with Gasteiger partial charge in [-0.3, -0.25) is 14.5 Å². The molecule has 3 N–H and O–H groups in total. The number of aromatic nitrogens is 2. The first-order valence-electron chi connectivity index (χ1n) is 15.1. The van der Waals surface area contributed by atoms with Crippen LogP contribution in [0, 0.1) is 28.9 Å². The van der Waals surface area contributed by atoms with E-state index in [-0.39, 0.29) is 11.3 Å². The standard InChI is InChI=1S/C37H24F3N5O5S/c38-30-18-25(45-51(49,50)26-10-7-21(8-11-26)22-13-15-42-33(40)17-22)19-31(39)34(30)36(46)44-32(37(47)48)16-23-9-12-29(35-28(23)6-3-14-43-35)27-5-2-1-4-24(27)20-41/h1-15,17-19,32,45H,16H2,(H,44,46)(H,47,48)/t32-/m0/s1. The van der Waals surface area contributed by atoms with Gasteiger partial charge in [-0.2, -0.15) is 9.65 Å². The number of halogens is 3. The predicted molar refractivity (Wildman–Crippen MR) is 181 cm³/mol. The van der Waals surface area contributed by atoms with Crippen LogP contribution >= 0.6 is 0 Å². The lowest BCUT2D eigenvalue weighted by molar-refractivity contribution is -0.139. The molecule has 2 heterocycles. The Morgan fingerprint density at radius 1 is 0.824 bits per heavy atom. The molecule has 6 rings (SSSR count). The molecule has 0 aliphatic rings. The number of nitriles is 1. The highest BCUT2D eigenvalue weighted by Gasteiger charge is 2.27. The lowest BCUT2D eigenvalue weighted by Crippen LogP contribution is -2.43. The van der Waals surface area contributed by atoms with Gasteiger partial charge in [0.15, 0.2) is 0 Å². The molecule has 0 aliphatic heterocycles. The number of anilines is 1. The number of nitrogens with one attached hydrogen (secondary N) is 2. The summed E-state index contributed by atoms with van der Waals surface area (Å²) in [6.45, 7) is 0. The topological polar surface area (TPSA) is 162 Å². The zero-order valence-electron chi connectivity index (χ0n) is 26.1. The molecular weight excluding hydrogens is 683 g/mol. The van der Waals surface area contributed by atoms with Crippen LogP contribution in [-0.2, 0) is 21.2 Å². The zero-order valence-corrected chi connectivity index (χ0v) is 27.0. The third-order valence-electron chi connectivity index (χ3n) is 7.97. The summed E-state index contributed by atoms with van der Waals surface area (Å²) < 4.78 is 71.9. The molecule has 0 fully saturated rings. The molecule has 0 saturated heterocycles. The van der Waals surface area contributed by atoms with E-state index < -0.39 is 56.8 Å². The van der Waals surface area contributed by atoms with Gasteiger partial charge >= 0.3 is 5.97 Å². The van der Waals surface area contributed by atoms with Crippen molar-refractivity contribution in [2.45, 2.75) is 17.4 Å². The van der Waals surface area contributed by atoms with Gasteiger partial charge in [-0.1, -0.05) is 48.5 Å². The van der Waals surface area contributed by atoms with Crippen molar-refractivity contribution in [2.75, 3.05) is 4.72 Å². The maximum Gasteiger partial charge on any atom is 0.326 e. The van der Waals surface area contributed by atoms with E-state index in [0.29, 0.717) is 56.4 Å². The van der Waals surface area contributed by atoms with Crippen molar-refractivity contribution in [3.63, 3.8) is 0 Å². The van der Waals surface area contributed by atoms with Gasteiger partial charge in [0.05, 0.1) is 27.7 Å². The van der Waals surface area contributed by atoms with Crippen LogP contribution in [0.2, 0.25) is 0 Å². The Morgan fingerprint density at radius 3 is 2.24 bits per heavy atom. The van der Waals surface area contributed by atoms with Gasteiger partial charge in [0.2, 0.25) is 5.95 Å². The minimum absolute atomic E-state index is 0.266. The Bertz CT molecular complexity index is 2470. The maximum atomic E-state index is 15.2. The molecule has 0 unspecified atom stereocenters. The number of rotatable bonds is 10. The van der Waals surface area contributed by atoms with Crippen molar-refractivity contribution in [2.24, 2.45) is 0 Å². The molecule has 0 radical (unpaired) electrons. The number of carboxylic acid groups (broad SMARTS) is 1. The fourth-order valence-corrected chi connectivity index (χ4v) is 6.60. The number of benzene rings is 4. The highest BCUT2D eigenvalue weighted by Crippen LogP contribution is 2.32. The summed E-state index contributed by atoms with van der Waals surface area (Å²) in [7, 11) is -4.36. The molecule has 2 aromatic heterocycles. The number of sulfonamides is 1. The molecule has 51 heavy (non-hydrogen) atoms. The number of pyridine rings is 2. The Kier molecular flexibility index (Phi) is 9.48. The van der Waals surface area contributed by atoms with Gasteiger partial charge in [-0.25, -0.2) is 27.0 Å². The van der Waals surface area contributed by atoms with E-state index >= 15 is 8.78 Å². The molecule has 0 aliphatic carbocycles. The third kappa shape index (κ3) is 7.24. The van der Waals surface area contributed by atoms with Crippen LogP contribution in [-0.4, -0.2) is 41.4 Å². The molecule has 0 saturated carbocycles. The monoisotopic (exact) mass is 707 g/mol. The van der Waals surface area contributed by atoms with Crippen LogP contribution in [0.25, 0.3) is 33.2 Å². The van der Waals surface area contributed by atoms with Crippen molar-refractivity contribution in [3.05, 3.63) is 144 Å². The average molecular weight is 708 g/mol. The van der Waals surface area contributed by atoms with E-state index in [9.17, 15) is 32.8 Å². The summed E-state index contributed by atoms with van der Waals surface area (Å²) in [5.41, 5.74) is 1.87. The smallest absolute Gasteiger partial charge is 0.326 e. The molecule has 0 bridgehead atoms. The zero-order chi connectivity index (χ0) is 36.3. The minimum atomic E-state index is -4.36. The maximum absolute atomic E-state index is 15.2. The van der Waals surface area contributed by atoms with Crippen LogP contribution in [0.3, 0.4) is 0 Å². The van der Waals surface area contributed by atoms with Crippen LogP contribution in [0.1, 0.15) is 21.5 Å². The van der Waals surface area contributed by atoms with Crippen molar-refractivity contribution in [1.82, 2.24) is 15.3 Å². The Labute approximate surface area is 288 Å². The summed E-state index contributed by atoms with van der Waals surface area (Å²) in [6.07, 6.45) is 2.50. The first kappa shape index (κ1) is 34.3. The van der Waals surface area contributed by atoms with Gasteiger partial charge in [-0.15, -0.1) is 0 Å². The molecule has 10 nitrogen and oxygen atoms in total. The number of nitrogens with zero attached hydrogens (tertiary/aromatic N) is 3. The van der Waals surface area contributed by atoms with E-state index in [0.717, 1.165) is 0 Å². The molecule has 254 valence electrons. The third-order valence-corrected chi connectivity index (χ3v) is 9.37. The Hall–Kier alpha value is -6.59. The Morgan fingerprint density at radius 2 is 1.55 bits per heavy atom. The number of hydrogen-bond donors (Lipinski definition) is 3. The number of carboxylic acids is 1. The van der Waals surface area contributed by atoms with Crippen LogP contribution in [0.15, 0.2) is 114 Å². The van der Waals surface area contributed by atoms with Crippen molar-refractivity contribution < 1.29 is 36.3 Å². The number of amides is 1. The second-order valence-electron chi connectivity index (χ2n) is 11.2. The second kappa shape index (κ2) is 14.1. The highest BCUT2D eigenvalue weighted by atomic mass is 32.2. The lowest BCUT2D eigenvalue weighted by Gasteiger charge is -2.18. The normalized spacial score (nSPS) is 11.8. The van der Waals surface area contributed by atoms with Crippen LogP contribution in [0.4, 0.5) is 18.9 Å². The molecule has 1 amide bonds. The number of carbonyl (C=O) groups is 2. The van der Waals surface area contributed by atoms with Crippen molar-refractivity contribution in [3.8, 4) is 28.3 Å². The van der Waals surface area contributed by atoms with Crippen molar-refractivity contribution in [1.29, 1.82) is 5.26 Å². The number of aliphatic carboxylic acids is 1.